The van der Waals surface area contributed by atoms with E-state index in [0.29, 0.717) is 6.54 Å². The SMILES string of the molecule is COc1ccc(N2CC(NC(=O)OCc3ccccc3)CC2=O)cc1. The molecule has 130 valence electrons. The predicted molar refractivity (Wildman–Crippen MR) is 93.5 cm³/mol. The third kappa shape index (κ3) is 4.29. The predicted octanol–water partition coefficient (Wildman–Crippen LogP) is 2.73. The van der Waals surface area contributed by atoms with Crippen molar-refractivity contribution in [3.8, 4) is 5.75 Å². The maximum Gasteiger partial charge on any atom is 0.407 e. The van der Waals surface area contributed by atoms with Crippen LogP contribution in [0.25, 0.3) is 0 Å². The zero-order chi connectivity index (χ0) is 17.6. The van der Waals surface area contributed by atoms with E-state index in [9.17, 15) is 9.59 Å². The van der Waals surface area contributed by atoms with Crippen LogP contribution in [0.2, 0.25) is 0 Å². The summed E-state index contributed by atoms with van der Waals surface area (Å²) in [4.78, 5) is 25.8. The number of hydrogen-bond donors (Lipinski definition) is 1. The maximum atomic E-state index is 12.2. The highest BCUT2D eigenvalue weighted by Gasteiger charge is 2.31. The molecule has 0 radical (unpaired) electrons. The van der Waals surface area contributed by atoms with Crippen LogP contribution in [0.5, 0.6) is 5.75 Å². The number of anilines is 1. The summed E-state index contributed by atoms with van der Waals surface area (Å²) in [6, 6.07) is 16.4. The quantitative estimate of drug-likeness (QED) is 0.909. The number of rotatable bonds is 5. The van der Waals surface area contributed by atoms with E-state index in [2.05, 4.69) is 5.32 Å². The third-order valence-electron chi connectivity index (χ3n) is 4.04. The Morgan fingerprint density at radius 3 is 2.56 bits per heavy atom. The lowest BCUT2D eigenvalue weighted by Gasteiger charge is -2.17. The first-order chi connectivity index (χ1) is 12.2. The molecule has 0 aliphatic carbocycles. The fourth-order valence-electron chi connectivity index (χ4n) is 2.75. The van der Waals surface area contributed by atoms with Crippen LogP contribution in [0.4, 0.5) is 10.5 Å². The van der Waals surface area contributed by atoms with Gasteiger partial charge in [0, 0.05) is 18.7 Å². The molecule has 2 aromatic rings. The standard InChI is InChI=1S/C19H20N2O4/c1-24-17-9-7-16(8-10-17)21-12-15(11-18(21)22)20-19(23)25-13-14-5-3-2-4-6-14/h2-10,15H,11-13H2,1H3,(H,20,23). The molecule has 1 N–H and O–H groups in total. The van der Waals surface area contributed by atoms with Crippen molar-refractivity contribution in [2.45, 2.75) is 19.1 Å². The molecule has 1 atom stereocenters. The summed E-state index contributed by atoms with van der Waals surface area (Å²) in [5.74, 6) is 0.702. The molecule has 25 heavy (non-hydrogen) atoms. The van der Waals surface area contributed by atoms with Gasteiger partial charge in [-0.25, -0.2) is 4.79 Å². The zero-order valence-electron chi connectivity index (χ0n) is 14.0. The van der Waals surface area contributed by atoms with Crippen LogP contribution in [-0.2, 0) is 16.1 Å². The Morgan fingerprint density at radius 1 is 1.16 bits per heavy atom. The molecule has 0 saturated carbocycles. The van der Waals surface area contributed by atoms with Crippen LogP contribution in [0, 0.1) is 0 Å². The van der Waals surface area contributed by atoms with Crippen molar-refractivity contribution in [2.75, 3.05) is 18.6 Å². The summed E-state index contributed by atoms with van der Waals surface area (Å²) in [5.41, 5.74) is 1.70. The van der Waals surface area contributed by atoms with Crippen molar-refractivity contribution >= 4 is 17.7 Å². The largest absolute Gasteiger partial charge is 0.497 e. The van der Waals surface area contributed by atoms with Crippen LogP contribution in [-0.4, -0.2) is 31.7 Å². The van der Waals surface area contributed by atoms with Crippen LogP contribution in [0.15, 0.2) is 54.6 Å². The second-order valence-corrected chi connectivity index (χ2v) is 5.81. The van der Waals surface area contributed by atoms with E-state index in [4.69, 9.17) is 9.47 Å². The summed E-state index contributed by atoms with van der Waals surface area (Å²) in [7, 11) is 1.59. The molecule has 1 unspecified atom stereocenters. The number of alkyl carbamates (subject to hydrolysis) is 1. The third-order valence-corrected chi connectivity index (χ3v) is 4.04. The van der Waals surface area contributed by atoms with Gasteiger partial charge in [-0.2, -0.15) is 0 Å². The second-order valence-electron chi connectivity index (χ2n) is 5.81. The molecule has 2 amide bonds. The van der Waals surface area contributed by atoms with Gasteiger partial charge in [-0.05, 0) is 29.8 Å². The number of carbonyl (C=O) groups excluding carboxylic acids is 2. The number of nitrogens with one attached hydrogen (secondary N) is 1. The van der Waals surface area contributed by atoms with Gasteiger partial charge in [0.1, 0.15) is 12.4 Å². The maximum absolute atomic E-state index is 12.2. The Kier molecular flexibility index (Phi) is 5.18. The first-order valence-corrected chi connectivity index (χ1v) is 8.07. The first kappa shape index (κ1) is 16.8. The van der Waals surface area contributed by atoms with Gasteiger partial charge < -0.3 is 19.7 Å². The smallest absolute Gasteiger partial charge is 0.407 e. The van der Waals surface area contributed by atoms with Crippen molar-refractivity contribution in [3.63, 3.8) is 0 Å². The van der Waals surface area contributed by atoms with Crippen molar-refractivity contribution < 1.29 is 19.1 Å². The number of carbonyl (C=O) groups is 2. The van der Waals surface area contributed by atoms with Crippen molar-refractivity contribution in [1.29, 1.82) is 0 Å². The molecule has 1 aliphatic rings. The van der Waals surface area contributed by atoms with Gasteiger partial charge in [0.05, 0.1) is 13.2 Å². The van der Waals surface area contributed by atoms with Crippen LogP contribution >= 0.6 is 0 Å². The van der Waals surface area contributed by atoms with Crippen molar-refractivity contribution in [3.05, 3.63) is 60.2 Å². The summed E-state index contributed by atoms with van der Waals surface area (Å²) in [6.07, 6.45) is -0.259. The van der Waals surface area contributed by atoms with Gasteiger partial charge in [-0.15, -0.1) is 0 Å². The summed E-state index contributed by atoms with van der Waals surface area (Å²) in [6.45, 7) is 0.626. The van der Waals surface area contributed by atoms with Crippen molar-refractivity contribution in [1.82, 2.24) is 5.32 Å². The number of benzene rings is 2. The minimum Gasteiger partial charge on any atom is -0.497 e. The lowest BCUT2D eigenvalue weighted by Crippen LogP contribution is -2.37. The van der Waals surface area contributed by atoms with Crippen molar-refractivity contribution in [2.24, 2.45) is 0 Å². The molecule has 0 bridgehead atoms. The van der Waals surface area contributed by atoms with E-state index >= 15 is 0 Å². The molecule has 3 rings (SSSR count). The number of ether oxygens (including phenoxy) is 2. The Hall–Kier alpha value is -3.02. The molecule has 1 fully saturated rings. The van der Waals surface area contributed by atoms with Gasteiger partial charge in [-0.1, -0.05) is 30.3 Å². The van der Waals surface area contributed by atoms with Crippen LogP contribution < -0.4 is 15.0 Å². The Labute approximate surface area is 146 Å². The Bertz CT molecular complexity index is 731. The summed E-state index contributed by atoms with van der Waals surface area (Å²) >= 11 is 0. The molecule has 6 nitrogen and oxygen atoms in total. The number of nitrogens with zero attached hydrogens (tertiary/aromatic N) is 1. The molecular formula is C19H20N2O4. The van der Waals surface area contributed by atoms with E-state index in [1.807, 2.05) is 42.5 Å². The highest BCUT2D eigenvalue weighted by Crippen LogP contribution is 2.24. The highest BCUT2D eigenvalue weighted by atomic mass is 16.5. The van der Waals surface area contributed by atoms with Gasteiger partial charge in [-0.3, -0.25) is 4.79 Å². The van der Waals surface area contributed by atoms with Gasteiger partial charge in [0.25, 0.3) is 0 Å². The van der Waals surface area contributed by atoms with Gasteiger partial charge >= 0.3 is 6.09 Å². The number of amides is 2. The number of hydrogen-bond acceptors (Lipinski definition) is 4. The summed E-state index contributed by atoms with van der Waals surface area (Å²) in [5, 5.41) is 2.75. The lowest BCUT2D eigenvalue weighted by molar-refractivity contribution is -0.117. The lowest BCUT2D eigenvalue weighted by atomic mass is 10.2. The minimum atomic E-state index is -0.516. The molecule has 2 aromatic carbocycles. The highest BCUT2D eigenvalue weighted by molar-refractivity contribution is 5.96. The average Bonchev–Trinajstić information content (AvgIpc) is 3.01. The van der Waals surface area contributed by atoms with E-state index in [-0.39, 0.29) is 25.0 Å². The molecule has 6 heteroatoms. The number of methoxy groups -OCH3 is 1. The first-order valence-electron chi connectivity index (χ1n) is 8.07. The van der Waals surface area contributed by atoms with E-state index in [1.165, 1.54) is 0 Å². The molecule has 0 aromatic heterocycles. The van der Waals surface area contributed by atoms with Gasteiger partial charge in [0.15, 0.2) is 0 Å². The normalized spacial score (nSPS) is 16.6. The average molecular weight is 340 g/mol. The molecule has 1 aliphatic heterocycles. The Balaban J connectivity index is 1.52. The summed E-state index contributed by atoms with van der Waals surface area (Å²) < 4.78 is 10.3. The molecule has 1 heterocycles. The second kappa shape index (κ2) is 7.70. The van der Waals surface area contributed by atoms with E-state index < -0.39 is 6.09 Å². The van der Waals surface area contributed by atoms with Crippen LogP contribution in [0.1, 0.15) is 12.0 Å². The Morgan fingerprint density at radius 2 is 1.88 bits per heavy atom. The molecule has 0 spiro atoms. The van der Waals surface area contributed by atoms with Gasteiger partial charge in [0.2, 0.25) is 5.91 Å². The topological polar surface area (TPSA) is 67.9 Å². The van der Waals surface area contributed by atoms with E-state index in [0.717, 1.165) is 17.0 Å². The molecule has 1 saturated heterocycles. The fraction of sp³-hybridized carbons (Fsp3) is 0.263. The minimum absolute atomic E-state index is 0.0291. The fourth-order valence-corrected chi connectivity index (χ4v) is 2.75. The monoisotopic (exact) mass is 340 g/mol. The zero-order valence-corrected chi connectivity index (χ0v) is 14.0. The van der Waals surface area contributed by atoms with Crippen LogP contribution in [0.3, 0.4) is 0 Å². The molecular weight excluding hydrogens is 320 g/mol. The van der Waals surface area contributed by atoms with E-state index in [1.54, 1.807) is 24.1 Å².